The monoisotopic (exact) mass is 517 g/mol. The molecule has 0 unspecified atom stereocenters. The van der Waals surface area contributed by atoms with Gasteiger partial charge in [0.2, 0.25) is 10.0 Å². The third-order valence-electron chi connectivity index (χ3n) is 5.11. The van der Waals surface area contributed by atoms with Gasteiger partial charge in [-0.05, 0) is 79.9 Å². The Morgan fingerprint density at radius 1 is 0.943 bits per heavy atom. The van der Waals surface area contributed by atoms with Crippen LogP contribution in [0.3, 0.4) is 0 Å². The van der Waals surface area contributed by atoms with Gasteiger partial charge in [-0.3, -0.25) is 9.52 Å². The van der Waals surface area contributed by atoms with Gasteiger partial charge in [0.25, 0.3) is 15.9 Å². The summed E-state index contributed by atoms with van der Waals surface area (Å²) in [6.45, 7) is 4.29. The lowest BCUT2D eigenvalue weighted by atomic mass is 10.1. The summed E-state index contributed by atoms with van der Waals surface area (Å²) in [5.41, 5.74) is 1.88. The highest BCUT2D eigenvalue weighted by molar-refractivity contribution is 7.92. The summed E-state index contributed by atoms with van der Waals surface area (Å²) >= 11 is 0. The Balaban J connectivity index is 1.66. The van der Waals surface area contributed by atoms with Gasteiger partial charge in [-0.15, -0.1) is 0 Å². The van der Waals surface area contributed by atoms with E-state index in [2.05, 4.69) is 10.0 Å². The minimum atomic E-state index is -3.93. The number of amides is 1. The van der Waals surface area contributed by atoms with E-state index in [0.717, 1.165) is 5.56 Å². The average Bonchev–Trinajstić information content (AvgIpc) is 2.80. The first-order valence-corrected chi connectivity index (χ1v) is 13.8. The van der Waals surface area contributed by atoms with Gasteiger partial charge in [0.1, 0.15) is 5.75 Å². The molecule has 0 bridgehead atoms. The second-order valence-corrected chi connectivity index (χ2v) is 11.0. The lowest BCUT2D eigenvalue weighted by Gasteiger charge is -2.13. The lowest BCUT2D eigenvalue weighted by Crippen LogP contribution is -2.26. The molecule has 3 aromatic carbocycles. The fraction of sp³-hybridized carbons (Fsp3) is 0.208. The highest BCUT2D eigenvalue weighted by Gasteiger charge is 2.19. The van der Waals surface area contributed by atoms with Crippen molar-refractivity contribution in [3.05, 3.63) is 83.4 Å². The van der Waals surface area contributed by atoms with E-state index in [1.54, 1.807) is 55.5 Å². The predicted molar refractivity (Wildman–Crippen MR) is 133 cm³/mol. The fourth-order valence-electron chi connectivity index (χ4n) is 3.30. The summed E-state index contributed by atoms with van der Waals surface area (Å²) in [5, 5.41) is 7.83. The Labute approximate surface area is 205 Å². The maximum Gasteiger partial charge on any atom is 0.262 e. The number of anilines is 1. The van der Waals surface area contributed by atoms with Crippen molar-refractivity contribution in [2.75, 3.05) is 17.9 Å². The standard InChI is InChI=1S/C24H27N3O6S2/c1-3-33-21-10-8-20(9-11-21)27-35(31,32)23-16-19(7-4-17(23)2)24(28)26-15-14-18-5-12-22(13-6-18)34(25,29)30/h4-13,16,27H,3,14-15H2,1-2H3,(H,26,28)(H2,25,29,30). The Bertz CT molecular complexity index is 1400. The van der Waals surface area contributed by atoms with Crippen LogP contribution >= 0.6 is 0 Å². The van der Waals surface area contributed by atoms with Gasteiger partial charge in [-0.25, -0.2) is 22.0 Å². The van der Waals surface area contributed by atoms with Crippen LogP contribution in [0.25, 0.3) is 0 Å². The van der Waals surface area contributed by atoms with Gasteiger partial charge in [-0.1, -0.05) is 18.2 Å². The molecular formula is C24H27N3O6S2. The molecule has 0 aromatic heterocycles. The number of aryl methyl sites for hydroxylation is 1. The van der Waals surface area contributed by atoms with Crippen LogP contribution in [-0.4, -0.2) is 35.9 Å². The molecule has 0 saturated carbocycles. The first kappa shape index (κ1) is 26.2. The van der Waals surface area contributed by atoms with E-state index >= 15 is 0 Å². The summed E-state index contributed by atoms with van der Waals surface area (Å²) in [6.07, 6.45) is 0.451. The van der Waals surface area contributed by atoms with Crippen molar-refractivity contribution in [3.8, 4) is 5.75 Å². The molecule has 9 nitrogen and oxygen atoms in total. The molecule has 0 aliphatic rings. The highest BCUT2D eigenvalue weighted by Crippen LogP contribution is 2.22. The number of carbonyl (C=O) groups excluding carboxylic acids is 1. The molecule has 0 fully saturated rings. The smallest absolute Gasteiger partial charge is 0.262 e. The maximum atomic E-state index is 13.0. The summed E-state index contributed by atoms with van der Waals surface area (Å²) in [7, 11) is -7.70. The minimum absolute atomic E-state index is 0.00221. The van der Waals surface area contributed by atoms with Crippen LogP contribution < -0.4 is 19.9 Å². The Hall–Kier alpha value is -3.41. The van der Waals surface area contributed by atoms with E-state index in [-0.39, 0.29) is 21.9 Å². The van der Waals surface area contributed by atoms with Crippen molar-refractivity contribution in [2.24, 2.45) is 5.14 Å². The van der Waals surface area contributed by atoms with Crippen LogP contribution in [0.15, 0.2) is 76.5 Å². The minimum Gasteiger partial charge on any atom is -0.494 e. The molecule has 3 rings (SSSR count). The van der Waals surface area contributed by atoms with Crippen molar-refractivity contribution in [2.45, 2.75) is 30.1 Å². The molecule has 4 N–H and O–H groups in total. The Kier molecular flexibility index (Phi) is 8.15. The molecule has 0 heterocycles. The molecule has 1 amide bonds. The zero-order valence-corrected chi connectivity index (χ0v) is 20.9. The molecule has 0 aliphatic heterocycles. The summed E-state index contributed by atoms with van der Waals surface area (Å²) in [5.74, 6) is 0.203. The third-order valence-corrected chi connectivity index (χ3v) is 7.56. The van der Waals surface area contributed by atoms with E-state index in [1.807, 2.05) is 6.92 Å². The van der Waals surface area contributed by atoms with Gasteiger partial charge < -0.3 is 10.1 Å². The largest absolute Gasteiger partial charge is 0.494 e. The first-order chi connectivity index (χ1) is 16.5. The number of rotatable bonds is 10. The fourth-order valence-corrected chi connectivity index (χ4v) is 5.14. The van der Waals surface area contributed by atoms with E-state index < -0.39 is 26.0 Å². The van der Waals surface area contributed by atoms with E-state index in [9.17, 15) is 21.6 Å². The molecule has 0 spiro atoms. The SMILES string of the molecule is CCOc1ccc(NS(=O)(=O)c2cc(C(=O)NCCc3ccc(S(N)(=O)=O)cc3)ccc2C)cc1. The van der Waals surface area contributed by atoms with Crippen molar-refractivity contribution in [3.63, 3.8) is 0 Å². The Morgan fingerprint density at radius 2 is 1.60 bits per heavy atom. The quantitative estimate of drug-likeness (QED) is 0.377. The van der Waals surface area contributed by atoms with E-state index in [1.165, 1.54) is 18.2 Å². The molecule has 0 saturated heterocycles. The van der Waals surface area contributed by atoms with Crippen molar-refractivity contribution in [1.82, 2.24) is 5.32 Å². The zero-order chi connectivity index (χ0) is 25.6. The average molecular weight is 518 g/mol. The number of hydrogen-bond donors (Lipinski definition) is 3. The molecule has 3 aromatic rings. The molecule has 0 radical (unpaired) electrons. The van der Waals surface area contributed by atoms with Gasteiger partial charge in [0, 0.05) is 17.8 Å². The second kappa shape index (κ2) is 10.9. The van der Waals surface area contributed by atoms with Gasteiger partial charge in [0.15, 0.2) is 0 Å². The zero-order valence-electron chi connectivity index (χ0n) is 19.3. The van der Waals surface area contributed by atoms with Crippen LogP contribution in [0.1, 0.15) is 28.4 Å². The van der Waals surface area contributed by atoms with Crippen molar-refractivity contribution < 1.29 is 26.4 Å². The first-order valence-electron chi connectivity index (χ1n) is 10.8. The normalized spacial score (nSPS) is 11.6. The molecule has 0 atom stereocenters. The van der Waals surface area contributed by atoms with Crippen LogP contribution in [0.2, 0.25) is 0 Å². The molecule has 35 heavy (non-hydrogen) atoms. The van der Waals surface area contributed by atoms with Crippen LogP contribution in [0.4, 0.5) is 5.69 Å². The molecular weight excluding hydrogens is 490 g/mol. The lowest BCUT2D eigenvalue weighted by molar-refractivity contribution is 0.0954. The third kappa shape index (κ3) is 7.04. The molecule has 11 heteroatoms. The number of benzene rings is 3. The van der Waals surface area contributed by atoms with Gasteiger partial charge in [-0.2, -0.15) is 0 Å². The maximum absolute atomic E-state index is 13.0. The predicted octanol–water partition coefficient (Wildman–Crippen LogP) is 2.81. The van der Waals surface area contributed by atoms with Crippen LogP contribution in [-0.2, 0) is 26.5 Å². The number of nitrogens with one attached hydrogen (secondary N) is 2. The number of carbonyl (C=O) groups is 1. The van der Waals surface area contributed by atoms with Crippen LogP contribution in [0, 0.1) is 6.92 Å². The topological polar surface area (TPSA) is 145 Å². The summed E-state index contributed by atoms with van der Waals surface area (Å²) < 4.78 is 56.5. The second-order valence-electron chi connectivity index (χ2n) is 7.74. The Morgan fingerprint density at radius 3 is 2.20 bits per heavy atom. The number of hydrogen-bond acceptors (Lipinski definition) is 6. The van der Waals surface area contributed by atoms with Crippen molar-refractivity contribution in [1.29, 1.82) is 0 Å². The highest BCUT2D eigenvalue weighted by atomic mass is 32.2. The van der Waals surface area contributed by atoms with E-state index in [0.29, 0.717) is 30.0 Å². The number of sulfonamides is 2. The van der Waals surface area contributed by atoms with Gasteiger partial charge in [0.05, 0.1) is 16.4 Å². The van der Waals surface area contributed by atoms with E-state index in [4.69, 9.17) is 9.88 Å². The summed E-state index contributed by atoms with van der Waals surface area (Å²) in [6, 6.07) is 17.1. The molecule has 0 aliphatic carbocycles. The van der Waals surface area contributed by atoms with Crippen LogP contribution in [0.5, 0.6) is 5.75 Å². The number of ether oxygens (including phenoxy) is 1. The number of nitrogens with two attached hydrogens (primary N) is 1. The van der Waals surface area contributed by atoms with Crippen molar-refractivity contribution >= 4 is 31.6 Å². The van der Waals surface area contributed by atoms with Gasteiger partial charge >= 0.3 is 0 Å². The molecule has 186 valence electrons. The summed E-state index contributed by atoms with van der Waals surface area (Å²) in [4.78, 5) is 12.6. The number of primary sulfonamides is 1.